The summed E-state index contributed by atoms with van der Waals surface area (Å²) in [6.07, 6.45) is 0.691. The number of nitrogens with one attached hydrogen (secondary N) is 2. The quantitative estimate of drug-likeness (QED) is 0.181. The zero-order chi connectivity index (χ0) is 21.0. The normalized spacial score (nSPS) is 10.2. The Labute approximate surface area is 167 Å². The second-order valence-corrected chi connectivity index (χ2v) is 5.16. The van der Waals surface area contributed by atoms with Crippen molar-refractivity contribution in [3.8, 4) is 0 Å². The van der Waals surface area contributed by atoms with Gasteiger partial charge in [-0.15, -0.1) is 12.4 Å². The average molecular weight is 421 g/mol. The molecule has 1 amide bonds. The van der Waals surface area contributed by atoms with Crippen LogP contribution in [0.3, 0.4) is 0 Å². The van der Waals surface area contributed by atoms with Gasteiger partial charge in [-0.3, -0.25) is 9.59 Å². The molecule has 11 nitrogen and oxygen atoms in total. The molecule has 12 heteroatoms. The average Bonchev–Trinajstić information content (AvgIpc) is 2.59. The van der Waals surface area contributed by atoms with E-state index in [-0.39, 0.29) is 23.7 Å². The Hall–Kier alpha value is -3.05. The lowest BCUT2D eigenvalue weighted by atomic mass is 10.1. The Morgan fingerprint density at radius 2 is 1.75 bits per heavy atom. The number of hydrogen-bond acceptors (Lipinski definition) is 8. The maximum atomic E-state index is 11.6. The summed E-state index contributed by atoms with van der Waals surface area (Å²) < 4.78 is 4.51. The monoisotopic (exact) mass is 420 g/mol. The third-order valence-corrected chi connectivity index (χ3v) is 2.98. The molecule has 1 aromatic rings. The highest BCUT2D eigenvalue weighted by Crippen LogP contribution is 2.24. The van der Waals surface area contributed by atoms with Crippen LogP contribution in [0.25, 0.3) is 0 Å². The molecule has 1 aromatic carbocycles. The largest absolute Gasteiger partial charge is 0.481 e. The van der Waals surface area contributed by atoms with Crippen molar-refractivity contribution in [2.24, 2.45) is 11.5 Å². The number of hydrogen-bond donors (Lipinski definition) is 6. The molecule has 0 aromatic heterocycles. The molecule has 0 aliphatic rings. The van der Waals surface area contributed by atoms with Crippen molar-refractivity contribution in [2.75, 3.05) is 30.8 Å². The van der Waals surface area contributed by atoms with Crippen LogP contribution < -0.4 is 22.1 Å². The van der Waals surface area contributed by atoms with E-state index in [0.717, 1.165) is 14.0 Å². The maximum Gasteiger partial charge on any atom is 0.338 e. The molecule has 158 valence electrons. The number of halogens is 1. The summed E-state index contributed by atoms with van der Waals surface area (Å²) in [5.74, 6) is -3.79. The minimum absolute atomic E-state index is 0. The third-order valence-electron chi connectivity index (χ3n) is 2.98. The third kappa shape index (κ3) is 10.2. The summed E-state index contributed by atoms with van der Waals surface area (Å²) in [6.45, 7) is 2.10. The van der Waals surface area contributed by atoms with Crippen LogP contribution in [-0.4, -0.2) is 60.3 Å². The molecule has 0 spiro atoms. The van der Waals surface area contributed by atoms with Crippen molar-refractivity contribution < 1.29 is 34.1 Å². The number of esters is 1. The fourth-order valence-electron chi connectivity index (χ4n) is 1.80. The van der Waals surface area contributed by atoms with Crippen LogP contribution in [0.1, 0.15) is 23.7 Å². The molecule has 0 aliphatic heterocycles. The van der Waals surface area contributed by atoms with Gasteiger partial charge < -0.3 is 37.1 Å². The number of carboxylic acids is 2. The van der Waals surface area contributed by atoms with E-state index in [1.54, 1.807) is 0 Å². The zero-order valence-electron chi connectivity index (χ0n) is 15.4. The van der Waals surface area contributed by atoms with Gasteiger partial charge in [0.1, 0.15) is 0 Å². The van der Waals surface area contributed by atoms with Crippen LogP contribution in [0.5, 0.6) is 0 Å². The molecule has 1 unspecified atom stereocenters. The van der Waals surface area contributed by atoms with Gasteiger partial charge in [0.05, 0.1) is 24.0 Å². The fraction of sp³-hybridized carbons (Fsp3) is 0.375. The first-order chi connectivity index (χ1) is 12.6. The van der Waals surface area contributed by atoms with Crippen molar-refractivity contribution in [3.63, 3.8) is 0 Å². The molecule has 1 rings (SSSR count). The SMILES string of the molecule is CC(=O)O.COC(=O)C(Nc1cc(C(=O)O)ccc1NCCCN)C(N)=O.Cl. The van der Waals surface area contributed by atoms with Gasteiger partial charge in [0, 0.05) is 13.5 Å². The second-order valence-electron chi connectivity index (χ2n) is 5.16. The van der Waals surface area contributed by atoms with E-state index in [4.69, 9.17) is 26.5 Å². The van der Waals surface area contributed by atoms with Gasteiger partial charge in [0.25, 0.3) is 11.9 Å². The summed E-state index contributed by atoms with van der Waals surface area (Å²) in [7, 11) is 1.12. The van der Waals surface area contributed by atoms with Gasteiger partial charge >= 0.3 is 11.9 Å². The van der Waals surface area contributed by atoms with E-state index in [1.165, 1.54) is 18.2 Å². The number of methoxy groups -OCH3 is 1. The molecule has 0 aliphatic carbocycles. The van der Waals surface area contributed by atoms with Crippen LogP contribution in [0, 0.1) is 0 Å². The molecule has 0 fully saturated rings. The number of rotatable bonds is 9. The highest BCUT2D eigenvalue weighted by atomic mass is 35.5. The van der Waals surface area contributed by atoms with E-state index >= 15 is 0 Å². The van der Waals surface area contributed by atoms with Gasteiger partial charge in [-0.25, -0.2) is 9.59 Å². The van der Waals surface area contributed by atoms with Crippen molar-refractivity contribution in [1.82, 2.24) is 0 Å². The van der Waals surface area contributed by atoms with Crippen molar-refractivity contribution >= 4 is 47.6 Å². The van der Waals surface area contributed by atoms with Crippen LogP contribution in [0.4, 0.5) is 11.4 Å². The minimum Gasteiger partial charge on any atom is -0.481 e. The summed E-state index contributed by atoms with van der Waals surface area (Å²) >= 11 is 0. The van der Waals surface area contributed by atoms with Crippen LogP contribution in [0.2, 0.25) is 0 Å². The van der Waals surface area contributed by atoms with Gasteiger partial charge in [-0.05, 0) is 31.2 Å². The number of aliphatic carboxylic acids is 1. The Bertz CT molecular complexity index is 681. The highest BCUT2D eigenvalue weighted by molar-refractivity contribution is 6.04. The molecule has 0 heterocycles. The number of amides is 1. The Morgan fingerprint density at radius 3 is 2.18 bits per heavy atom. The van der Waals surface area contributed by atoms with E-state index in [0.29, 0.717) is 25.2 Å². The second kappa shape index (κ2) is 14.1. The van der Waals surface area contributed by atoms with E-state index in [9.17, 15) is 14.4 Å². The Kier molecular flexibility index (Phi) is 13.6. The topological polar surface area (TPSA) is 194 Å². The summed E-state index contributed by atoms with van der Waals surface area (Å²) in [5.41, 5.74) is 11.3. The first-order valence-electron chi connectivity index (χ1n) is 7.78. The first kappa shape index (κ1) is 27.2. The number of carbonyl (C=O) groups excluding carboxylic acids is 2. The van der Waals surface area contributed by atoms with Crippen molar-refractivity contribution in [1.29, 1.82) is 0 Å². The number of benzene rings is 1. The van der Waals surface area contributed by atoms with E-state index in [1.807, 2.05) is 0 Å². The van der Waals surface area contributed by atoms with Crippen LogP contribution in [-0.2, 0) is 19.1 Å². The van der Waals surface area contributed by atoms with Crippen molar-refractivity contribution in [2.45, 2.75) is 19.4 Å². The molecule has 0 radical (unpaired) electrons. The van der Waals surface area contributed by atoms with Crippen LogP contribution in [0.15, 0.2) is 18.2 Å². The predicted molar refractivity (Wildman–Crippen MR) is 105 cm³/mol. The lowest BCUT2D eigenvalue weighted by molar-refractivity contribution is -0.144. The predicted octanol–water partition coefficient (Wildman–Crippen LogP) is 0.0970. The molecular formula is C16H25ClN4O7. The number of anilines is 2. The minimum atomic E-state index is -1.43. The Balaban J connectivity index is 0. The number of primary amides is 1. The van der Waals surface area contributed by atoms with E-state index < -0.39 is 29.9 Å². The lowest BCUT2D eigenvalue weighted by Gasteiger charge is -2.18. The summed E-state index contributed by atoms with van der Waals surface area (Å²) in [6, 6.07) is 2.79. The lowest BCUT2D eigenvalue weighted by Crippen LogP contribution is -2.43. The Morgan fingerprint density at radius 1 is 1.18 bits per heavy atom. The highest BCUT2D eigenvalue weighted by Gasteiger charge is 2.26. The molecular weight excluding hydrogens is 396 g/mol. The van der Waals surface area contributed by atoms with Gasteiger partial charge in [-0.1, -0.05) is 0 Å². The van der Waals surface area contributed by atoms with Crippen molar-refractivity contribution in [3.05, 3.63) is 23.8 Å². The molecule has 1 atom stereocenters. The summed E-state index contributed by atoms with van der Waals surface area (Å²) in [4.78, 5) is 43.1. The maximum absolute atomic E-state index is 11.6. The molecule has 0 saturated carbocycles. The van der Waals surface area contributed by atoms with Gasteiger partial charge in [0.2, 0.25) is 6.04 Å². The number of ether oxygens (including phenoxy) is 1. The first-order valence-corrected chi connectivity index (χ1v) is 7.78. The van der Waals surface area contributed by atoms with Crippen LogP contribution >= 0.6 is 12.4 Å². The molecule has 8 N–H and O–H groups in total. The van der Waals surface area contributed by atoms with Gasteiger partial charge in [-0.2, -0.15) is 0 Å². The van der Waals surface area contributed by atoms with E-state index in [2.05, 4.69) is 15.4 Å². The fourth-order valence-corrected chi connectivity index (χ4v) is 1.80. The number of carbonyl (C=O) groups is 4. The molecule has 0 saturated heterocycles. The number of nitrogens with two attached hydrogens (primary N) is 2. The number of carboxylic acid groups (broad SMARTS) is 2. The molecule has 0 bridgehead atoms. The number of aromatic carboxylic acids is 1. The standard InChI is InChI=1S/C14H20N4O5.C2H4O2.ClH/c1-23-14(22)11(12(16)19)18-10-7-8(13(20)21)3-4-9(10)17-6-2-5-15;1-2(3)4;/h3-4,7,11,17-18H,2,5-6,15H2,1H3,(H2,16,19)(H,20,21);1H3,(H,3,4);1H. The van der Waals surface area contributed by atoms with Gasteiger partial charge in [0.15, 0.2) is 0 Å². The smallest absolute Gasteiger partial charge is 0.338 e. The zero-order valence-corrected chi connectivity index (χ0v) is 16.2. The summed E-state index contributed by atoms with van der Waals surface area (Å²) in [5, 5.41) is 22.1. The molecule has 28 heavy (non-hydrogen) atoms.